The first-order valence-electron chi connectivity index (χ1n) is 8.25. The third-order valence-corrected chi connectivity index (χ3v) is 4.85. The molecule has 1 aromatic rings. The van der Waals surface area contributed by atoms with Crippen molar-refractivity contribution in [3.63, 3.8) is 0 Å². The Hall–Kier alpha value is -1.86. The summed E-state index contributed by atoms with van der Waals surface area (Å²) in [6.07, 6.45) is 0.0929. The van der Waals surface area contributed by atoms with Crippen molar-refractivity contribution >= 4 is 24.3 Å². The SMILES string of the molecule is COC(=O)CCC(=O)c1ccc(OC)cc1B1OC(C)(C)C(C)(C)O1. The van der Waals surface area contributed by atoms with Crippen LogP contribution in [0.2, 0.25) is 0 Å². The molecule has 1 aromatic carbocycles. The second-order valence-electron chi connectivity index (χ2n) is 7.04. The van der Waals surface area contributed by atoms with E-state index in [-0.39, 0.29) is 18.6 Å². The van der Waals surface area contributed by atoms with E-state index in [0.29, 0.717) is 16.8 Å². The van der Waals surface area contributed by atoms with E-state index >= 15 is 0 Å². The van der Waals surface area contributed by atoms with Crippen molar-refractivity contribution in [1.29, 1.82) is 0 Å². The van der Waals surface area contributed by atoms with Crippen molar-refractivity contribution in [2.24, 2.45) is 0 Å². The van der Waals surface area contributed by atoms with Gasteiger partial charge in [-0.1, -0.05) is 0 Å². The lowest BCUT2D eigenvalue weighted by molar-refractivity contribution is -0.140. The van der Waals surface area contributed by atoms with Gasteiger partial charge in [-0.3, -0.25) is 9.59 Å². The third kappa shape index (κ3) is 4.04. The molecule has 0 saturated carbocycles. The lowest BCUT2D eigenvalue weighted by atomic mass is 9.74. The molecule has 0 spiro atoms. The van der Waals surface area contributed by atoms with E-state index in [9.17, 15) is 9.59 Å². The normalized spacial score (nSPS) is 18.1. The highest BCUT2D eigenvalue weighted by atomic mass is 16.7. The number of carbonyl (C=O) groups is 2. The van der Waals surface area contributed by atoms with E-state index in [1.54, 1.807) is 25.3 Å². The fourth-order valence-electron chi connectivity index (χ4n) is 2.54. The molecule has 0 atom stereocenters. The first-order chi connectivity index (χ1) is 11.6. The molecule has 2 rings (SSSR count). The number of rotatable bonds is 6. The van der Waals surface area contributed by atoms with Crippen molar-refractivity contribution in [1.82, 2.24) is 0 Å². The van der Waals surface area contributed by atoms with Crippen molar-refractivity contribution in [2.45, 2.75) is 51.7 Å². The van der Waals surface area contributed by atoms with Crippen LogP contribution in [0.1, 0.15) is 50.9 Å². The fraction of sp³-hybridized carbons (Fsp3) is 0.556. The van der Waals surface area contributed by atoms with Gasteiger partial charge in [-0.15, -0.1) is 0 Å². The molecule has 1 fully saturated rings. The zero-order valence-electron chi connectivity index (χ0n) is 15.7. The second kappa shape index (κ2) is 7.18. The average Bonchev–Trinajstić information content (AvgIpc) is 2.79. The molecule has 25 heavy (non-hydrogen) atoms. The minimum absolute atomic E-state index is 0.0319. The van der Waals surface area contributed by atoms with Crippen molar-refractivity contribution in [3.05, 3.63) is 23.8 Å². The molecule has 136 valence electrons. The van der Waals surface area contributed by atoms with E-state index in [1.165, 1.54) is 7.11 Å². The number of methoxy groups -OCH3 is 2. The first kappa shape index (κ1) is 19.5. The van der Waals surface area contributed by atoms with Gasteiger partial charge in [-0.05, 0) is 51.4 Å². The Kier molecular flexibility index (Phi) is 5.59. The molecule has 0 bridgehead atoms. The summed E-state index contributed by atoms with van der Waals surface area (Å²) in [5.74, 6) is 0.0195. The van der Waals surface area contributed by atoms with Gasteiger partial charge in [0, 0.05) is 12.0 Å². The number of ketones is 1. The average molecular weight is 348 g/mol. The quantitative estimate of drug-likeness (QED) is 0.446. The zero-order valence-corrected chi connectivity index (χ0v) is 15.7. The van der Waals surface area contributed by atoms with Crippen LogP contribution in [0.4, 0.5) is 0 Å². The molecule has 0 N–H and O–H groups in total. The van der Waals surface area contributed by atoms with E-state index in [2.05, 4.69) is 4.74 Å². The highest BCUT2D eigenvalue weighted by molar-refractivity contribution is 6.63. The summed E-state index contributed by atoms with van der Waals surface area (Å²) in [6, 6.07) is 5.13. The Labute approximate surface area is 148 Å². The number of hydrogen-bond donors (Lipinski definition) is 0. The molecule has 0 aromatic heterocycles. The van der Waals surface area contributed by atoms with Crippen LogP contribution in [-0.4, -0.2) is 44.3 Å². The van der Waals surface area contributed by atoms with Crippen LogP contribution in [-0.2, 0) is 18.8 Å². The topological polar surface area (TPSA) is 71.1 Å². The summed E-state index contributed by atoms with van der Waals surface area (Å²) < 4.78 is 22.0. The highest BCUT2D eigenvalue weighted by Crippen LogP contribution is 2.37. The Morgan fingerprint density at radius 1 is 1.04 bits per heavy atom. The van der Waals surface area contributed by atoms with Crippen LogP contribution in [0.3, 0.4) is 0 Å². The van der Waals surface area contributed by atoms with Crippen LogP contribution in [0.5, 0.6) is 5.75 Å². The largest absolute Gasteiger partial charge is 0.497 e. The molecule has 7 heteroatoms. The highest BCUT2D eigenvalue weighted by Gasteiger charge is 2.52. The van der Waals surface area contributed by atoms with Crippen LogP contribution in [0.15, 0.2) is 18.2 Å². The zero-order chi connectivity index (χ0) is 18.8. The maximum atomic E-state index is 12.6. The van der Waals surface area contributed by atoms with E-state index in [0.717, 1.165) is 0 Å². The fourth-order valence-corrected chi connectivity index (χ4v) is 2.54. The molecule has 6 nitrogen and oxygen atoms in total. The molecule has 1 heterocycles. The Morgan fingerprint density at radius 2 is 1.64 bits per heavy atom. The maximum absolute atomic E-state index is 12.6. The lowest BCUT2D eigenvalue weighted by Crippen LogP contribution is -2.41. The van der Waals surface area contributed by atoms with Crippen molar-refractivity contribution < 1.29 is 28.4 Å². The smallest absolute Gasteiger partial charge is 0.495 e. The molecule has 0 amide bonds. The van der Waals surface area contributed by atoms with Gasteiger partial charge in [0.1, 0.15) is 5.75 Å². The minimum Gasteiger partial charge on any atom is -0.497 e. The van der Waals surface area contributed by atoms with Crippen molar-refractivity contribution in [2.75, 3.05) is 14.2 Å². The summed E-state index contributed by atoms with van der Waals surface area (Å²) >= 11 is 0. The molecule has 0 radical (unpaired) electrons. The molecule has 0 aliphatic carbocycles. The summed E-state index contributed by atoms with van der Waals surface area (Å²) in [5, 5.41) is 0. The second-order valence-corrected chi connectivity index (χ2v) is 7.04. The van der Waals surface area contributed by atoms with Crippen LogP contribution in [0.25, 0.3) is 0 Å². The van der Waals surface area contributed by atoms with Crippen LogP contribution in [0, 0.1) is 0 Å². The number of Topliss-reactive ketones (excluding diaryl/α,β-unsaturated/α-hetero) is 1. The van der Waals surface area contributed by atoms with Crippen molar-refractivity contribution in [3.8, 4) is 5.75 Å². The summed E-state index contributed by atoms with van der Waals surface area (Å²) in [4.78, 5) is 23.9. The summed E-state index contributed by atoms with van der Waals surface area (Å²) in [7, 11) is 2.18. The number of benzene rings is 1. The van der Waals surface area contributed by atoms with E-state index in [1.807, 2.05) is 27.7 Å². The van der Waals surface area contributed by atoms with Gasteiger partial charge in [0.2, 0.25) is 0 Å². The van der Waals surface area contributed by atoms with Gasteiger partial charge in [0.25, 0.3) is 0 Å². The van der Waals surface area contributed by atoms with Gasteiger partial charge in [0.15, 0.2) is 5.78 Å². The van der Waals surface area contributed by atoms with Gasteiger partial charge < -0.3 is 18.8 Å². The number of hydrogen-bond acceptors (Lipinski definition) is 6. The predicted molar refractivity (Wildman–Crippen MR) is 94.3 cm³/mol. The van der Waals surface area contributed by atoms with Gasteiger partial charge >= 0.3 is 13.1 Å². The number of esters is 1. The molecule has 1 saturated heterocycles. The van der Waals surface area contributed by atoms with Crippen LogP contribution >= 0.6 is 0 Å². The standard InChI is InChI=1S/C18H25BO6/c1-17(2)18(3,4)25-19(24-17)14-11-12(22-5)7-8-13(14)15(20)9-10-16(21)23-6/h7-8,11H,9-10H2,1-6H3. The van der Waals surface area contributed by atoms with Gasteiger partial charge in [0.05, 0.1) is 31.8 Å². The maximum Gasteiger partial charge on any atom is 0.495 e. The van der Waals surface area contributed by atoms with Gasteiger partial charge in [-0.25, -0.2) is 0 Å². The molecular formula is C18H25BO6. The molecule has 0 unspecified atom stereocenters. The number of carbonyl (C=O) groups excluding carboxylic acids is 2. The van der Waals surface area contributed by atoms with E-state index in [4.69, 9.17) is 14.0 Å². The molecule has 1 aliphatic heterocycles. The molecular weight excluding hydrogens is 323 g/mol. The Bertz CT molecular complexity index is 652. The minimum atomic E-state index is -0.683. The predicted octanol–water partition coefficient (Wildman–Crippen LogP) is 2.13. The number of ether oxygens (including phenoxy) is 2. The summed E-state index contributed by atoms with van der Waals surface area (Å²) in [6.45, 7) is 7.80. The summed E-state index contributed by atoms with van der Waals surface area (Å²) in [5.41, 5.74) is 0.0243. The van der Waals surface area contributed by atoms with E-state index < -0.39 is 24.3 Å². The lowest BCUT2D eigenvalue weighted by Gasteiger charge is -2.32. The van der Waals surface area contributed by atoms with Gasteiger partial charge in [-0.2, -0.15) is 0 Å². The van der Waals surface area contributed by atoms with Crippen LogP contribution < -0.4 is 10.2 Å². The Morgan fingerprint density at radius 3 is 2.16 bits per heavy atom. The Balaban J connectivity index is 2.33. The monoisotopic (exact) mass is 348 g/mol. The molecule has 1 aliphatic rings. The first-order valence-corrected chi connectivity index (χ1v) is 8.25. The third-order valence-electron chi connectivity index (χ3n) is 4.85.